The SMILES string of the molecule is Fc1cnccc1Nc1nc(-c2ccccn2)nn2ccc(CNCC(F)(F)F)c12. The van der Waals surface area contributed by atoms with Gasteiger partial charge in [-0.25, -0.2) is 13.9 Å². The molecule has 2 N–H and O–H groups in total. The first-order valence-electron chi connectivity index (χ1n) is 8.84. The molecule has 0 aliphatic heterocycles. The highest BCUT2D eigenvalue weighted by molar-refractivity contribution is 5.78. The van der Waals surface area contributed by atoms with Gasteiger partial charge in [0, 0.05) is 25.1 Å². The fourth-order valence-corrected chi connectivity index (χ4v) is 2.86. The predicted octanol–water partition coefficient (Wildman–Crippen LogP) is 3.72. The lowest BCUT2D eigenvalue weighted by Gasteiger charge is -2.12. The van der Waals surface area contributed by atoms with Crippen LogP contribution in [0.25, 0.3) is 17.0 Å². The molecule has 154 valence electrons. The quantitative estimate of drug-likeness (QED) is 0.466. The monoisotopic (exact) mass is 417 g/mol. The van der Waals surface area contributed by atoms with Gasteiger partial charge in [0.25, 0.3) is 0 Å². The molecule has 0 unspecified atom stereocenters. The summed E-state index contributed by atoms with van der Waals surface area (Å²) < 4.78 is 53.1. The third-order valence-corrected chi connectivity index (χ3v) is 4.16. The van der Waals surface area contributed by atoms with Gasteiger partial charge >= 0.3 is 6.18 Å². The molecule has 0 bridgehead atoms. The van der Waals surface area contributed by atoms with Gasteiger partial charge in [-0.1, -0.05) is 6.07 Å². The van der Waals surface area contributed by atoms with Gasteiger partial charge in [-0.2, -0.15) is 13.2 Å². The van der Waals surface area contributed by atoms with E-state index in [0.29, 0.717) is 16.8 Å². The van der Waals surface area contributed by atoms with Crippen LogP contribution < -0.4 is 10.6 Å². The van der Waals surface area contributed by atoms with Crippen LogP contribution in [0.4, 0.5) is 29.1 Å². The van der Waals surface area contributed by atoms with E-state index >= 15 is 0 Å². The number of halogens is 4. The first-order chi connectivity index (χ1) is 14.4. The van der Waals surface area contributed by atoms with E-state index in [1.807, 2.05) is 0 Å². The van der Waals surface area contributed by atoms with Gasteiger partial charge in [0.15, 0.2) is 11.6 Å². The minimum Gasteiger partial charge on any atom is -0.336 e. The maximum atomic E-state index is 14.1. The summed E-state index contributed by atoms with van der Waals surface area (Å²) in [6, 6.07) is 8.29. The van der Waals surface area contributed by atoms with Crippen LogP contribution >= 0.6 is 0 Å². The van der Waals surface area contributed by atoms with Gasteiger partial charge in [-0.15, -0.1) is 5.10 Å². The Bertz CT molecular complexity index is 1160. The minimum atomic E-state index is -4.33. The number of aromatic nitrogens is 5. The van der Waals surface area contributed by atoms with Gasteiger partial charge in [0.05, 0.1) is 18.4 Å². The van der Waals surface area contributed by atoms with E-state index < -0.39 is 18.5 Å². The van der Waals surface area contributed by atoms with Crippen molar-refractivity contribution in [2.45, 2.75) is 12.7 Å². The molecule has 11 heteroatoms. The normalized spacial score (nSPS) is 11.7. The van der Waals surface area contributed by atoms with Gasteiger partial charge in [0.2, 0.25) is 5.82 Å². The van der Waals surface area contributed by atoms with Crippen LogP contribution in [0, 0.1) is 5.82 Å². The number of pyridine rings is 2. The number of nitrogens with zero attached hydrogens (tertiary/aromatic N) is 5. The highest BCUT2D eigenvalue weighted by atomic mass is 19.4. The molecule has 0 aliphatic carbocycles. The van der Waals surface area contributed by atoms with E-state index in [0.717, 1.165) is 6.20 Å². The minimum absolute atomic E-state index is 0.0736. The molecule has 0 saturated heterocycles. The van der Waals surface area contributed by atoms with Crippen molar-refractivity contribution in [2.75, 3.05) is 11.9 Å². The maximum absolute atomic E-state index is 14.1. The van der Waals surface area contributed by atoms with Crippen molar-refractivity contribution in [1.82, 2.24) is 29.9 Å². The van der Waals surface area contributed by atoms with Crippen LogP contribution in [0.5, 0.6) is 0 Å². The average Bonchev–Trinajstić information content (AvgIpc) is 3.13. The molecule has 0 atom stereocenters. The molecular formula is C19H15F4N7. The van der Waals surface area contributed by atoms with Gasteiger partial charge < -0.3 is 10.6 Å². The lowest BCUT2D eigenvalue weighted by Crippen LogP contribution is -2.28. The summed E-state index contributed by atoms with van der Waals surface area (Å²) in [6.45, 7) is -1.21. The van der Waals surface area contributed by atoms with Crippen molar-refractivity contribution in [3.05, 3.63) is 66.5 Å². The first-order valence-corrected chi connectivity index (χ1v) is 8.84. The van der Waals surface area contributed by atoms with Crippen LogP contribution in [-0.2, 0) is 6.54 Å². The van der Waals surface area contributed by atoms with Crippen molar-refractivity contribution < 1.29 is 17.6 Å². The largest absolute Gasteiger partial charge is 0.401 e. The predicted molar refractivity (Wildman–Crippen MR) is 101 cm³/mol. The first kappa shape index (κ1) is 19.7. The molecule has 7 nitrogen and oxygen atoms in total. The molecule has 4 aromatic heterocycles. The number of fused-ring (bicyclic) bond motifs is 1. The van der Waals surface area contributed by atoms with Crippen molar-refractivity contribution in [2.24, 2.45) is 0 Å². The molecule has 4 rings (SSSR count). The number of rotatable bonds is 6. The van der Waals surface area contributed by atoms with Crippen LogP contribution in [0.3, 0.4) is 0 Å². The Kier molecular flexibility index (Phi) is 5.27. The van der Waals surface area contributed by atoms with E-state index in [4.69, 9.17) is 0 Å². The van der Waals surface area contributed by atoms with Gasteiger partial charge in [-0.05, 0) is 29.8 Å². The van der Waals surface area contributed by atoms with Crippen LogP contribution in [0.15, 0.2) is 55.1 Å². The summed E-state index contributed by atoms with van der Waals surface area (Å²) in [4.78, 5) is 12.4. The Hall–Kier alpha value is -3.60. The number of alkyl halides is 3. The van der Waals surface area contributed by atoms with Crippen molar-refractivity contribution in [1.29, 1.82) is 0 Å². The van der Waals surface area contributed by atoms with Gasteiger partial charge in [-0.3, -0.25) is 9.97 Å². The summed E-state index contributed by atoms with van der Waals surface area (Å²) in [5.74, 6) is -0.105. The second-order valence-electron chi connectivity index (χ2n) is 6.33. The van der Waals surface area contributed by atoms with Crippen LogP contribution in [0.2, 0.25) is 0 Å². The summed E-state index contributed by atoms with van der Waals surface area (Å²) in [7, 11) is 0. The van der Waals surface area contributed by atoms with E-state index in [9.17, 15) is 17.6 Å². The summed E-state index contributed by atoms with van der Waals surface area (Å²) in [5.41, 5.74) is 1.54. The number of hydrogen-bond donors (Lipinski definition) is 2. The maximum Gasteiger partial charge on any atom is 0.401 e. The second kappa shape index (κ2) is 8.03. The Labute approximate surface area is 167 Å². The zero-order valence-corrected chi connectivity index (χ0v) is 15.4. The average molecular weight is 417 g/mol. The van der Waals surface area contributed by atoms with Crippen LogP contribution in [-0.4, -0.2) is 37.3 Å². The molecule has 0 fully saturated rings. The molecule has 0 aliphatic rings. The summed E-state index contributed by atoms with van der Waals surface area (Å²) in [6.07, 6.45) is 1.31. The Balaban J connectivity index is 1.77. The molecule has 0 saturated carbocycles. The molecule has 0 spiro atoms. The standard InChI is InChI=1S/C19H15F4N7/c20-13-10-24-7-4-14(13)27-18-16-12(9-25-11-19(21,22)23)5-8-30(16)29-17(28-18)15-3-1-2-6-26-15/h1-8,10,25H,9,11H2,(H,24,27,28,29). The fourth-order valence-electron chi connectivity index (χ4n) is 2.86. The van der Waals surface area contributed by atoms with Gasteiger partial charge in [0.1, 0.15) is 11.2 Å². The van der Waals surface area contributed by atoms with E-state index in [-0.39, 0.29) is 23.9 Å². The molecule has 4 aromatic rings. The number of anilines is 2. The molecule has 0 aromatic carbocycles. The van der Waals surface area contributed by atoms with Crippen LogP contribution in [0.1, 0.15) is 5.56 Å². The highest BCUT2D eigenvalue weighted by Crippen LogP contribution is 2.27. The third-order valence-electron chi connectivity index (χ3n) is 4.16. The molecular weight excluding hydrogens is 402 g/mol. The zero-order valence-electron chi connectivity index (χ0n) is 15.4. The third kappa shape index (κ3) is 4.35. The smallest absolute Gasteiger partial charge is 0.336 e. The van der Waals surface area contributed by atoms with E-state index in [1.54, 1.807) is 36.7 Å². The summed E-state index contributed by atoms with van der Waals surface area (Å²) in [5, 5.41) is 9.64. The molecule has 0 amide bonds. The Morgan fingerprint density at radius 1 is 1.07 bits per heavy atom. The molecule has 4 heterocycles. The fraction of sp³-hybridized carbons (Fsp3) is 0.158. The molecule has 0 radical (unpaired) electrons. The topological polar surface area (TPSA) is 80.0 Å². The zero-order chi connectivity index (χ0) is 21.1. The Morgan fingerprint density at radius 3 is 2.67 bits per heavy atom. The number of nitrogens with one attached hydrogen (secondary N) is 2. The second-order valence-corrected chi connectivity index (χ2v) is 6.33. The van der Waals surface area contributed by atoms with Crippen molar-refractivity contribution in [3.8, 4) is 11.5 Å². The highest BCUT2D eigenvalue weighted by Gasteiger charge is 2.26. The number of hydrogen-bond acceptors (Lipinski definition) is 6. The van der Waals surface area contributed by atoms with E-state index in [1.165, 1.54) is 16.8 Å². The summed E-state index contributed by atoms with van der Waals surface area (Å²) >= 11 is 0. The molecule has 30 heavy (non-hydrogen) atoms. The van der Waals surface area contributed by atoms with E-state index in [2.05, 4.69) is 30.7 Å². The van der Waals surface area contributed by atoms with Crippen molar-refractivity contribution >= 4 is 17.0 Å². The lowest BCUT2D eigenvalue weighted by atomic mass is 10.2. The van der Waals surface area contributed by atoms with Crippen molar-refractivity contribution in [3.63, 3.8) is 0 Å². The Morgan fingerprint density at radius 2 is 1.93 bits per heavy atom. The lowest BCUT2D eigenvalue weighted by molar-refractivity contribution is -0.125.